The molecule has 0 amide bonds. The van der Waals surface area contributed by atoms with Crippen molar-refractivity contribution in [2.24, 2.45) is 4.99 Å². The molecule has 3 rings (SSSR count). The van der Waals surface area contributed by atoms with E-state index < -0.39 is 0 Å². The summed E-state index contributed by atoms with van der Waals surface area (Å²) in [7, 11) is 1.57. The summed E-state index contributed by atoms with van der Waals surface area (Å²) in [6, 6.07) is 16.3. The fourth-order valence-corrected chi connectivity index (χ4v) is 3.31. The quantitative estimate of drug-likeness (QED) is 0.406. The van der Waals surface area contributed by atoms with Crippen LogP contribution in [0.2, 0.25) is 0 Å². The van der Waals surface area contributed by atoms with E-state index in [1.54, 1.807) is 31.5 Å². The number of aliphatic imine (C=N–C) groups is 1. The molecule has 0 saturated carbocycles. The van der Waals surface area contributed by atoms with Crippen LogP contribution >= 0.6 is 15.9 Å². The van der Waals surface area contributed by atoms with E-state index in [1.165, 1.54) is 11.6 Å². The van der Waals surface area contributed by atoms with Gasteiger partial charge in [-0.15, -0.1) is 0 Å². The van der Waals surface area contributed by atoms with Crippen LogP contribution < -0.4 is 9.47 Å². The third kappa shape index (κ3) is 4.60. The van der Waals surface area contributed by atoms with E-state index in [-0.39, 0.29) is 12.4 Å². The highest BCUT2D eigenvalue weighted by Crippen LogP contribution is 2.37. The van der Waals surface area contributed by atoms with Gasteiger partial charge in [0.25, 0.3) is 0 Å². The number of benzene rings is 3. The predicted octanol–water partition coefficient (Wildman–Crippen LogP) is 6.54. The predicted molar refractivity (Wildman–Crippen MR) is 115 cm³/mol. The molecular weight excluding hydrogens is 421 g/mol. The van der Waals surface area contributed by atoms with Gasteiger partial charge in [0, 0.05) is 11.8 Å². The van der Waals surface area contributed by atoms with Crippen LogP contribution in [0, 0.1) is 19.7 Å². The number of aryl methyl sites for hydroxylation is 1. The lowest BCUT2D eigenvalue weighted by atomic mass is 10.1. The van der Waals surface area contributed by atoms with E-state index >= 15 is 0 Å². The second kappa shape index (κ2) is 9.02. The van der Waals surface area contributed by atoms with E-state index in [2.05, 4.69) is 40.8 Å². The summed E-state index contributed by atoms with van der Waals surface area (Å²) in [6.45, 7) is 4.23. The first kappa shape index (κ1) is 20.1. The summed E-state index contributed by atoms with van der Waals surface area (Å²) in [5, 5.41) is 0. The maximum absolute atomic E-state index is 13.8. The Morgan fingerprint density at radius 3 is 2.61 bits per heavy atom. The number of methoxy groups -OCH3 is 1. The summed E-state index contributed by atoms with van der Waals surface area (Å²) in [6.07, 6.45) is 1.79. The maximum Gasteiger partial charge on any atom is 0.175 e. The molecule has 0 unspecified atom stereocenters. The van der Waals surface area contributed by atoms with Gasteiger partial charge in [-0.05, 0) is 70.7 Å². The minimum atomic E-state index is -0.296. The molecule has 0 bridgehead atoms. The molecule has 0 fully saturated rings. The molecule has 0 N–H and O–H groups in total. The summed E-state index contributed by atoms with van der Waals surface area (Å²) in [5.74, 6) is 0.776. The maximum atomic E-state index is 13.8. The van der Waals surface area contributed by atoms with Crippen LogP contribution in [-0.2, 0) is 6.61 Å². The zero-order valence-electron chi connectivity index (χ0n) is 16.0. The second-order valence-electron chi connectivity index (χ2n) is 6.39. The van der Waals surface area contributed by atoms with E-state index in [9.17, 15) is 4.39 Å². The molecule has 0 aromatic heterocycles. The summed E-state index contributed by atoms with van der Waals surface area (Å²) < 4.78 is 25.8. The van der Waals surface area contributed by atoms with Crippen molar-refractivity contribution in [1.82, 2.24) is 0 Å². The lowest BCUT2D eigenvalue weighted by Crippen LogP contribution is -2.01. The molecule has 3 aromatic carbocycles. The van der Waals surface area contributed by atoms with E-state index in [0.717, 1.165) is 16.8 Å². The monoisotopic (exact) mass is 441 g/mol. The van der Waals surface area contributed by atoms with Gasteiger partial charge in [0.05, 0.1) is 17.3 Å². The van der Waals surface area contributed by atoms with Crippen LogP contribution in [0.5, 0.6) is 11.5 Å². The lowest BCUT2D eigenvalue weighted by Gasteiger charge is -2.14. The number of hydrogen-bond acceptors (Lipinski definition) is 3. The van der Waals surface area contributed by atoms with Crippen LogP contribution in [0.15, 0.2) is 64.1 Å². The molecule has 0 aliphatic heterocycles. The van der Waals surface area contributed by atoms with Crippen molar-refractivity contribution in [3.05, 3.63) is 87.1 Å². The average Bonchev–Trinajstić information content (AvgIpc) is 2.69. The minimum absolute atomic E-state index is 0.109. The topological polar surface area (TPSA) is 30.8 Å². The number of halogens is 2. The highest BCUT2D eigenvalue weighted by atomic mass is 79.9. The SMILES string of the molecule is COc1cc(C=Nc2cccc(C)c2C)cc(Br)c1OCc1ccccc1F. The minimum Gasteiger partial charge on any atom is -0.493 e. The van der Waals surface area contributed by atoms with Gasteiger partial charge in [-0.1, -0.05) is 30.3 Å². The normalized spacial score (nSPS) is 11.0. The number of nitrogens with zero attached hydrogens (tertiary/aromatic N) is 1. The molecule has 3 aromatic rings. The van der Waals surface area contributed by atoms with Gasteiger partial charge in [-0.3, -0.25) is 4.99 Å². The molecule has 0 heterocycles. The summed E-state index contributed by atoms with van der Waals surface area (Å²) in [5.41, 5.74) is 4.62. The molecule has 0 spiro atoms. The largest absolute Gasteiger partial charge is 0.493 e. The zero-order chi connectivity index (χ0) is 20.1. The molecule has 0 atom stereocenters. The van der Waals surface area contributed by atoms with E-state index in [4.69, 9.17) is 9.47 Å². The van der Waals surface area contributed by atoms with Crippen LogP contribution in [0.3, 0.4) is 0 Å². The Morgan fingerprint density at radius 2 is 1.86 bits per heavy atom. The van der Waals surface area contributed by atoms with Gasteiger partial charge in [0.2, 0.25) is 0 Å². The Hall–Kier alpha value is -2.66. The third-order valence-corrected chi connectivity index (χ3v) is 5.10. The fourth-order valence-electron chi connectivity index (χ4n) is 2.74. The molecule has 0 aliphatic rings. The molecule has 144 valence electrons. The number of hydrogen-bond donors (Lipinski definition) is 0. The van der Waals surface area contributed by atoms with Crippen molar-refractivity contribution < 1.29 is 13.9 Å². The Kier molecular flexibility index (Phi) is 6.47. The third-order valence-electron chi connectivity index (χ3n) is 4.51. The Morgan fingerprint density at radius 1 is 1.07 bits per heavy atom. The van der Waals surface area contributed by atoms with Gasteiger partial charge in [-0.25, -0.2) is 4.39 Å². The van der Waals surface area contributed by atoms with Crippen molar-refractivity contribution in [2.45, 2.75) is 20.5 Å². The van der Waals surface area contributed by atoms with Gasteiger partial charge in [0.1, 0.15) is 12.4 Å². The summed E-state index contributed by atoms with van der Waals surface area (Å²) >= 11 is 3.52. The van der Waals surface area contributed by atoms with Crippen molar-refractivity contribution in [1.29, 1.82) is 0 Å². The number of ether oxygens (including phenoxy) is 2. The Bertz CT molecular complexity index is 1020. The van der Waals surface area contributed by atoms with Gasteiger partial charge >= 0.3 is 0 Å². The molecule has 3 nitrogen and oxygen atoms in total. The average molecular weight is 442 g/mol. The number of rotatable bonds is 6. The first-order valence-electron chi connectivity index (χ1n) is 8.83. The summed E-state index contributed by atoms with van der Waals surface area (Å²) in [4.78, 5) is 4.60. The van der Waals surface area contributed by atoms with Crippen LogP contribution in [-0.4, -0.2) is 13.3 Å². The van der Waals surface area contributed by atoms with Crippen molar-refractivity contribution in [3.63, 3.8) is 0 Å². The van der Waals surface area contributed by atoms with Gasteiger partial charge < -0.3 is 9.47 Å². The van der Waals surface area contributed by atoms with Crippen LogP contribution in [0.25, 0.3) is 0 Å². The first-order chi connectivity index (χ1) is 13.5. The van der Waals surface area contributed by atoms with Crippen LogP contribution in [0.1, 0.15) is 22.3 Å². The Balaban J connectivity index is 1.84. The lowest BCUT2D eigenvalue weighted by molar-refractivity contribution is 0.278. The molecule has 0 saturated heterocycles. The molecule has 0 radical (unpaired) electrons. The van der Waals surface area contributed by atoms with Crippen LogP contribution in [0.4, 0.5) is 10.1 Å². The van der Waals surface area contributed by atoms with Crippen molar-refractivity contribution in [2.75, 3.05) is 7.11 Å². The van der Waals surface area contributed by atoms with Crippen molar-refractivity contribution >= 4 is 27.8 Å². The standard InChI is InChI=1S/C23H21BrFNO2/c1-15-7-6-10-21(16(15)2)26-13-17-11-19(24)23(22(12-17)27-3)28-14-18-8-4-5-9-20(18)25/h4-13H,14H2,1-3H3. The van der Waals surface area contributed by atoms with Gasteiger partial charge in [-0.2, -0.15) is 0 Å². The zero-order valence-corrected chi connectivity index (χ0v) is 17.6. The van der Waals surface area contributed by atoms with Crippen molar-refractivity contribution in [3.8, 4) is 11.5 Å². The van der Waals surface area contributed by atoms with E-state index in [1.807, 2.05) is 24.3 Å². The van der Waals surface area contributed by atoms with E-state index in [0.29, 0.717) is 21.5 Å². The Labute approximate surface area is 173 Å². The highest BCUT2D eigenvalue weighted by Gasteiger charge is 2.12. The molecular formula is C23H21BrFNO2. The smallest absolute Gasteiger partial charge is 0.175 e. The first-order valence-corrected chi connectivity index (χ1v) is 9.63. The van der Waals surface area contributed by atoms with Gasteiger partial charge in [0.15, 0.2) is 11.5 Å². The fraction of sp³-hybridized carbons (Fsp3) is 0.174. The second-order valence-corrected chi connectivity index (χ2v) is 7.25. The molecule has 5 heteroatoms. The highest BCUT2D eigenvalue weighted by molar-refractivity contribution is 9.10. The molecule has 28 heavy (non-hydrogen) atoms. The molecule has 0 aliphatic carbocycles.